The van der Waals surface area contributed by atoms with Crippen molar-refractivity contribution in [1.82, 2.24) is 0 Å². The Kier molecular flexibility index (Phi) is 22.7. The van der Waals surface area contributed by atoms with Gasteiger partial charge in [-0.05, 0) is 70.6 Å². The number of Topliss-reactive ketones (excluding diaryl/α,β-unsaturated/α-hetero) is 3. The predicted molar refractivity (Wildman–Crippen MR) is 147 cm³/mol. The van der Waals surface area contributed by atoms with Crippen molar-refractivity contribution in [2.45, 2.75) is 132 Å². The number of allylic oxidation sites excluding steroid dienone is 2. The van der Waals surface area contributed by atoms with E-state index in [9.17, 15) is 19.5 Å². The van der Waals surface area contributed by atoms with E-state index in [0.717, 1.165) is 83.8 Å². The van der Waals surface area contributed by atoms with Crippen LogP contribution in [0.5, 0.6) is 0 Å². The zero-order valence-electron chi connectivity index (χ0n) is 25.5. The van der Waals surface area contributed by atoms with Crippen LogP contribution in [0.4, 0.5) is 0 Å². The van der Waals surface area contributed by atoms with Crippen LogP contribution in [0.1, 0.15) is 132 Å². The fourth-order valence-corrected chi connectivity index (χ4v) is 4.58. The van der Waals surface area contributed by atoms with Gasteiger partial charge in [-0.3, -0.25) is 14.4 Å². The summed E-state index contributed by atoms with van der Waals surface area (Å²) in [6.45, 7) is 16.1. The predicted octanol–water partition coefficient (Wildman–Crippen LogP) is 4.00. The van der Waals surface area contributed by atoms with E-state index >= 15 is 0 Å². The van der Waals surface area contributed by atoms with E-state index in [-0.39, 0.29) is 24.3 Å². The normalized spacial score (nSPS) is 26.8. The van der Waals surface area contributed by atoms with Crippen LogP contribution in [-0.2, 0) is 19.1 Å². The van der Waals surface area contributed by atoms with Crippen molar-refractivity contribution in [3.05, 3.63) is 11.8 Å². The van der Waals surface area contributed by atoms with Crippen LogP contribution in [-0.4, -0.2) is 30.6 Å². The Labute approximate surface area is 240 Å². The monoisotopic (exact) mass is 514 g/mol. The Hall–Kier alpha value is -0.893. The fraction of sp³-hybridized carbons (Fsp3) is 0.839. The van der Waals surface area contributed by atoms with Crippen LogP contribution >= 0.6 is 0 Å². The van der Waals surface area contributed by atoms with Gasteiger partial charge in [0.2, 0.25) is 0 Å². The summed E-state index contributed by atoms with van der Waals surface area (Å²) in [6, 6.07) is 0. The molecule has 210 valence electrons. The third-order valence-corrected chi connectivity index (χ3v) is 7.40. The summed E-state index contributed by atoms with van der Waals surface area (Å²) in [4.78, 5) is 32.4. The number of hydrogen-bond acceptors (Lipinski definition) is 5. The summed E-state index contributed by atoms with van der Waals surface area (Å²) in [7, 11) is 0. The number of ketones is 3. The molecule has 5 nitrogen and oxygen atoms in total. The third-order valence-electron chi connectivity index (χ3n) is 7.40. The number of carbonyl (C=O) groups excluding carboxylic acids is 3. The molecule has 6 heteroatoms. The molecule has 1 saturated heterocycles. The average molecular weight is 515 g/mol. The fourth-order valence-electron chi connectivity index (χ4n) is 4.58. The molecule has 0 aromatic carbocycles. The molecule has 4 fully saturated rings. The molecular formula is C31H55LiO5. The Morgan fingerprint density at radius 2 is 1.35 bits per heavy atom. The van der Waals surface area contributed by atoms with Crippen LogP contribution in [0.3, 0.4) is 0 Å². The molecule has 0 bridgehead atoms. The summed E-state index contributed by atoms with van der Waals surface area (Å²) in [5.41, 5.74) is 0.0139. The van der Waals surface area contributed by atoms with Gasteiger partial charge < -0.3 is 9.84 Å². The average Bonchev–Trinajstić information content (AvgIpc) is 3.70. The molecule has 0 N–H and O–H groups in total. The second-order valence-electron chi connectivity index (χ2n) is 11.1. The van der Waals surface area contributed by atoms with Gasteiger partial charge in [0.25, 0.3) is 0 Å². The molecular weight excluding hydrogens is 459 g/mol. The molecule has 37 heavy (non-hydrogen) atoms. The van der Waals surface area contributed by atoms with Gasteiger partial charge in [-0.15, -0.1) is 5.76 Å². The van der Waals surface area contributed by atoms with E-state index in [0.29, 0.717) is 40.9 Å². The first kappa shape index (κ1) is 38.3. The summed E-state index contributed by atoms with van der Waals surface area (Å²) in [5.74, 6) is 2.77. The summed E-state index contributed by atoms with van der Waals surface area (Å²) < 4.78 is 4.94. The Morgan fingerprint density at radius 1 is 0.784 bits per heavy atom. The van der Waals surface area contributed by atoms with Crippen molar-refractivity contribution in [2.24, 2.45) is 23.2 Å². The first-order chi connectivity index (χ1) is 17.0. The van der Waals surface area contributed by atoms with Crippen molar-refractivity contribution in [1.29, 1.82) is 0 Å². The van der Waals surface area contributed by atoms with Gasteiger partial charge in [0.1, 0.15) is 17.3 Å². The quantitative estimate of drug-likeness (QED) is 0.456. The van der Waals surface area contributed by atoms with E-state index < -0.39 is 0 Å². The Morgan fingerprint density at radius 3 is 1.49 bits per heavy atom. The molecule has 0 aromatic heterocycles. The molecule has 0 amide bonds. The minimum Gasteiger partial charge on any atom is -0.876 e. The first-order valence-electron chi connectivity index (χ1n) is 14.6. The van der Waals surface area contributed by atoms with Gasteiger partial charge in [-0.25, -0.2) is 0 Å². The zero-order chi connectivity index (χ0) is 27.6. The Balaban J connectivity index is 0. The molecule has 3 atom stereocenters. The second-order valence-corrected chi connectivity index (χ2v) is 11.1. The van der Waals surface area contributed by atoms with Crippen molar-refractivity contribution in [3.63, 3.8) is 0 Å². The molecule has 5 rings (SSSR count). The van der Waals surface area contributed by atoms with Gasteiger partial charge >= 0.3 is 18.9 Å². The largest absolute Gasteiger partial charge is 1.00 e. The van der Waals surface area contributed by atoms with Gasteiger partial charge in [0.15, 0.2) is 0 Å². The van der Waals surface area contributed by atoms with Crippen LogP contribution in [0.2, 0.25) is 0 Å². The van der Waals surface area contributed by atoms with Crippen LogP contribution in [0.25, 0.3) is 0 Å². The molecule has 3 unspecified atom stereocenters. The standard InChI is InChI=1S/2C7H12O.C6H10O.C5H8O.C4H8O.C2H6.Li/c1-7(2)5-3-4-6(7)8;1-5-3-4-6(2)7(5)8;1-5-3-2-4-6(5)7;6-5-3-1-2-4-5;1-2-4-5-3-1;1-2;/h3-5H2,1-2H3;5-6H,3-4H2,1-2H3;5H,2-4H2,1H3;3,6H,1-2,4H2;1-4H2;1-2H3;/q;;;;;;+1/p-1. The van der Waals surface area contributed by atoms with Crippen LogP contribution in [0, 0.1) is 23.2 Å². The van der Waals surface area contributed by atoms with E-state index in [1.165, 1.54) is 12.8 Å². The second kappa shape index (κ2) is 22.0. The van der Waals surface area contributed by atoms with Crippen LogP contribution in [0.15, 0.2) is 11.8 Å². The minimum absolute atomic E-state index is 0. The summed E-state index contributed by atoms with van der Waals surface area (Å²) in [6.07, 6.45) is 15.5. The molecule has 0 radical (unpaired) electrons. The van der Waals surface area contributed by atoms with Crippen molar-refractivity contribution >= 4 is 17.3 Å². The molecule has 3 saturated carbocycles. The van der Waals surface area contributed by atoms with Crippen LogP contribution < -0.4 is 24.0 Å². The third kappa shape index (κ3) is 17.3. The van der Waals surface area contributed by atoms with Gasteiger partial charge in [-0.2, -0.15) is 0 Å². The van der Waals surface area contributed by atoms with Crippen molar-refractivity contribution in [3.8, 4) is 0 Å². The maximum Gasteiger partial charge on any atom is 1.00 e. The molecule has 5 aliphatic rings. The smallest absolute Gasteiger partial charge is 0.876 e. The van der Waals surface area contributed by atoms with E-state index in [1.807, 2.05) is 48.5 Å². The topological polar surface area (TPSA) is 83.5 Å². The molecule has 0 aromatic rings. The number of ether oxygens (including phenoxy) is 1. The van der Waals surface area contributed by atoms with Crippen molar-refractivity contribution in [2.75, 3.05) is 13.2 Å². The number of hydrogen-bond donors (Lipinski definition) is 0. The van der Waals surface area contributed by atoms with Gasteiger partial charge in [0, 0.05) is 49.2 Å². The molecule has 4 aliphatic carbocycles. The number of rotatable bonds is 0. The van der Waals surface area contributed by atoms with Crippen molar-refractivity contribution < 1.29 is 43.1 Å². The maximum atomic E-state index is 10.9. The Bertz CT molecular complexity index is 645. The van der Waals surface area contributed by atoms with Gasteiger partial charge in [-0.1, -0.05) is 54.5 Å². The van der Waals surface area contributed by atoms with E-state index in [2.05, 4.69) is 0 Å². The molecule has 1 heterocycles. The first-order valence-corrected chi connectivity index (χ1v) is 14.6. The number of carbonyl (C=O) groups is 3. The SMILES string of the molecule is C1CCOC1.CC.CC1(C)CCCC1=O.CC1CCC(C)C1=O.CC1CCCC1=O.[Li+].[O-]C1=CCCC1. The summed E-state index contributed by atoms with van der Waals surface area (Å²) in [5, 5.41) is 10.2. The minimum atomic E-state index is 0. The zero-order valence-corrected chi connectivity index (χ0v) is 25.5. The van der Waals surface area contributed by atoms with E-state index in [4.69, 9.17) is 4.74 Å². The molecule has 1 aliphatic heterocycles. The van der Waals surface area contributed by atoms with Gasteiger partial charge in [0.05, 0.1) is 0 Å². The summed E-state index contributed by atoms with van der Waals surface area (Å²) >= 11 is 0. The maximum absolute atomic E-state index is 10.9. The van der Waals surface area contributed by atoms with E-state index in [1.54, 1.807) is 6.08 Å². The molecule has 0 spiro atoms.